The average Bonchev–Trinajstić information content (AvgIpc) is 3.37. The molecule has 2 aliphatic rings. The standard InChI is InChI=1S/C27H28N4O4/c32-23(15-18-5-2-1-3-6-18)30-12-9-19(10-13-30)25-24-22(28-17-29-24)11-14-31(25)26(33)20-7-4-8-21(16-20)27(34)35/h1-8,16-17,19,25H,9-15H2,(H,28,29)(H,34,35). The van der Waals surface area contributed by atoms with Crippen LogP contribution in [0.5, 0.6) is 0 Å². The Morgan fingerprint density at radius 3 is 2.46 bits per heavy atom. The number of aromatic carboxylic acids is 1. The van der Waals surface area contributed by atoms with E-state index in [1.54, 1.807) is 18.5 Å². The highest BCUT2D eigenvalue weighted by Gasteiger charge is 2.40. The van der Waals surface area contributed by atoms with E-state index in [0.717, 1.165) is 29.8 Å². The van der Waals surface area contributed by atoms with Crippen LogP contribution >= 0.6 is 0 Å². The number of hydrogen-bond donors (Lipinski definition) is 2. The Hall–Kier alpha value is -3.94. The molecule has 2 N–H and O–H groups in total. The highest BCUT2D eigenvalue weighted by molar-refractivity contribution is 5.97. The quantitative estimate of drug-likeness (QED) is 0.592. The number of carboxylic acid groups (broad SMARTS) is 1. The molecule has 8 heteroatoms. The lowest BCUT2D eigenvalue weighted by molar-refractivity contribution is -0.132. The smallest absolute Gasteiger partial charge is 0.335 e. The van der Waals surface area contributed by atoms with Gasteiger partial charge < -0.3 is 19.9 Å². The maximum atomic E-state index is 13.6. The molecule has 0 bridgehead atoms. The predicted octanol–water partition coefficient (Wildman–Crippen LogP) is 3.33. The molecule has 1 fully saturated rings. The Morgan fingerprint density at radius 2 is 1.71 bits per heavy atom. The number of piperidine rings is 1. The zero-order valence-corrected chi connectivity index (χ0v) is 19.4. The molecular weight excluding hydrogens is 444 g/mol. The van der Waals surface area contributed by atoms with Crippen LogP contribution in [-0.2, 0) is 17.6 Å². The summed E-state index contributed by atoms with van der Waals surface area (Å²) in [7, 11) is 0. The van der Waals surface area contributed by atoms with Crippen molar-refractivity contribution in [2.24, 2.45) is 5.92 Å². The van der Waals surface area contributed by atoms with Crippen LogP contribution in [0.1, 0.15) is 56.6 Å². The summed E-state index contributed by atoms with van der Waals surface area (Å²) in [4.78, 5) is 49.4. The summed E-state index contributed by atoms with van der Waals surface area (Å²) >= 11 is 0. The molecule has 1 saturated heterocycles. The van der Waals surface area contributed by atoms with Gasteiger partial charge in [0.1, 0.15) is 0 Å². The number of nitrogens with one attached hydrogen (secondary N) is 1. The van der Waals surface area contributed by atoms with Gasteiger partial charge in [0.15, 0.2) is 0 Å². The van der Waals surface area contributed by atoms with E-state index in [1.807, 2.05) is 40.1 Å². The van der Waals surface area contributed by atoms with E-state index in [9.17, 15) is 19.5 Å². The molecule has 2 amide bonds. The third kappa shape index (κ3) is 4.69. The fraction of sp³-hybridized carbons (Fsp3) is 0.333. The van der Waals surface area contributed by atoms with Crippen molar-refractivity contribution in [2.45, 2.75) is 31.7 Å². The second-order valence-electron chi connectivity index (χ2n) is 9.23. The van der Waals surface area contributed by atoms with Gasteiger partial charge in [-0.15, -0.1) is 0 Å². The first-order valence-electron chi connectivity index (χ1n) is 12.0. The number of aromatic nitrogens is 2. The Labute approximate surface area is 203 Å². The van der Waals surface area contributed by atoms with Crippen molar-refractivity contribution in [3.8, 4) is 0 Å². The van der Waals surface area contributed by atoms with Crippen molar-refractivity contribution in [1.82, 2.24) is 19.8 Å². The first kappa shape index (κ1) is 22.8. The van der Waals surface area contributed by atoms with Crippen molar-refractivity contribution in [3.63, 3.8) is 0 Å². The molecule has 1 atom stereocenters. The topological polar surface area (TPSA) is 107 Å². The van der Waals surface area contributed by atoms with Crippen molar-refractivity contribution < 1.29 is 19.5 Å². The number of imidazole rings is 1. The van der Waals surface area contributed by atoms with Gasteiger partial charge in [0.05, 0.1) is 30.0 Å². The summed E-state index contributed by atoms with van der Waals surface area (Å²) < 4.78 is 0. The zero-order chi connectivity index (χ0) is 24.4. The van der Waals surface area contributed by atoms with Gasteiger partial charge in [0.25, 0.3) is 5.91 Å². The molecule has 0 spiro atoms. The van der Waals surface area contributed by atoms with Crippen molar-refractivity contribution >= 4 is 17.8 Å². The van der Waals surface area contributed by atoms with Gasteiger partial charge in [0, 0.05) is 37.3 Å². The van der Waals surface area contributed by atoms with Crippen LogP contribution in [0.3, 0.4) is 0 Å². The summed E-state index contributed by atoms with van der Waals surface area (Å²) in [5, 5.41) is 9.35. The van der Waals surface area contributed by atoms with Crippen molar-refractivity contribution in [2.75, 3.05) is 19.6 Å². The molecule has 5 rings (SSSR count). The summed E-state index contributed by atoms with van der Waals surface area (Å²) in [5.74, 6) is -0.965. The lowest BCUT2D eigenvalue weighted by Crippen LogP contribution is -2.47. The predicted molar refractivity (Wildman–Crippen MR) is 129 cm³/mol. The molecule has 1 unspecified atom stereocenters. The molecule has 0 radical (unpaired) electrons. The number of benzene rings is 2. The fourth-order valence-electron chi connectivity index (χ4n) is 5.31. The fourth-order valence-corrected chi connectivity index (χ4v) is 5.31. The minimum atomic E-state index is -1.06. The Kier molecular flexibility index (Phi) is 6.35. The number of amides is 2. The van der Waals surface area contributed by atoms with Crippen LogP contribution < -0.4 is 0 Å². The van der Waals surface area contributed by atoms with Crippen LogP contribution in [0.15, 0.2) is 60.9 Å². The molecule has 3 heterocycles. The molecule has 35 heavy (non-hydrogen) atoms. The SMILES string of the molecule is O=C(O)c1cccc(C(=O)N2CCc3[nH]cnc3C2C2CCN(C(=O)Cc3ccccc3)CC2)c1. The van der Waals surface area contributed by atoms with E-state index in [0.29, 0.717) is 38.0 Å². The van der Waals surface area contributed by atoms with Crippen LogP contribution in [0, 0.1) is 5.92 Å². The number of carbonyl (C=O) groups is 3. The minimum absolute atomic E-state index is 0.0927. The lowest BCUT2D eigenvalue weighted by atomic mass is 9.83. The van der Waals surface area contributed by atoms with E-state index >= 15 is 0 Å². The van der Waals surface area contributed by atoms with Gasteiger partial charge in [-0.2, -0.15) is 0 Å². The maximum absolute atomic E-state index is 13.6. The van der Waals surface area contributed by atoms with Gasteiger partial charge in [-0.3, -0.25) is 9.59 Å². The van der Waals surface area contributed by atoms with E-state index in [-0.39, 0.29) is 29.3 Å². The second-order valence-corrected chi connectivity index (χ2v) is 9.23. The van der Waals surface area contributed by atoms with Crippen LogP contribution in [0.2, 0.25) is 0 Å². The summed E-state index contributed by atoms with van der Waals surface area (Å²) in [6, 6.07) is 15.7. The number of likely N-dealkylation sites (tertiary alicyclic amines) is 1. The Bertz CT molecular complexity index is 1230. The number of carboxylic acids is 1. The molecule has 2 aromatic carbocycles. The molecule has 1 aromatic heterocycles. The van der Waals surface area contributed by atoms with E-state index < -0.39 is 5.97 Å². The number of hydrogen-bond acceptors (Lipinski definition) is 4. The maximum Gasteiger partial charge on any atom is 0.335 e. The molecular formula is C27H28N4O4. The van der Waals surface area contributed by atoms with Crippen molar-refractivity contribution in [1.29, 1.82) is 0 Å². The Balaban J connectivity index is 1.33. The van der Waals surface area contributed by atoms with Crippen LogP contribution in [0.4, 0.5) is 0 Å². The van der Waals surface area contributed by atoms with Gasteiger partial charge in [-0.05, 0) is 42.5 Å². The molecule has 0 saturated carbocycles. The van der Waals surface area contributed by atoms with E-state index in [2.05, 4.69) is 9.97 Å². The van der Waals surface area contributed by atoms with Crippen molar-refractivity contribution in [3.05, 3.63) is 89.0 Å². The first-order valence-corrected chi connectivity index (χ1v) is 12.0. The summed E-state index contributed by atoms with van der Waals surface area (Å²) in [6.07, 6.45) is 4.29. The first-order chi connectivity index (χ1) is 17.0. The number of aromatic amines is 1. The third-order valence-electron chi connectivity index (χ3n) is 7.12. The third-order valence-corrected chi connectivity index (χ3v) is 7.12. The van der Waals surface area contributed by atoms with Gasteiger partial charge in [-0.1, -0.05) is 36.4 Å². The largest absolute Gasteiger partial charge is 0.478 e. The van der Waals surface area contributed by atoms with E-state index in [1.165, 1.54) is 12.1 Å². The number of rotatable bonds is 5. The monoisotopic (exact) mass is 472 g/mol. The summed E-state index contributed by atoms with van der Waals surface area (Å²) in [6.45, 7) is 1.81. The summed E-state index contributed by atoms with van der Waals surface area (Å²) in [5.41, 5.74) is 3.39. The number of H-pyrrole nitrogens is 1. The number of carbonyl (C=O) groups excluding carboxylic acids is 2. The Morgan fingerprint density at radius 1 is 0.971 bits per heavy atom. The molecule has 0 aliphatic carbocycles. The number of fused-ring (bicyclic) bond motifs is 1. The number of nitrogens with zero attached hydrogens (tertiary/aromatic N) is 3. The lowest BCUT2D eigenvalue weighted by Gasteiger charge is -2.43. The highest BCUT2D eigenvalue weighted by Crippen LogP contribution is 2.39. The second kappa shape index (κ2) is 9.74. The van der Waals surface area contributed by atoms with Crippen LogP contribution in [-0.4, -0.2) is 62.3 Å². The van der Waals surface area contributed by atoms with E-state index in [4.69, 9.17) is 0 Å². The highest BCUT2D eigenvalue weighted by atomic mass is 16.4. The molecule has 2 aliphatic heterocycles. The van der Waals surface area contributed by atoms with Gasteiger partial charge in [0.2, 0.25) is 5.91 Å². The van der Waals surface area contributed by atoms with Crippen LogP contribution in [0.25, 0.3) is 0 Å². The molecule has 8 nitrogen and oxygen atoms in total. The average molecular weight is 473 g/mol. The normalized spacial score (nSPS) is 18.2. The molecule has 180 valence electrons. The zero-order valence-electron chi connectivity index (χ0n) is 19.4. The molecule has 3 aromatic rings. The van der Waals surface area contributed by atoms with Gasteiger partial charge >= 0.3 is 5.97 Å². The minimum Gasteiger partial charge on any atom is -0.478 e. The van der Waals surface area contributed by atoms with Gasteiger partial charge in [-0.25, -0.2) is 9.78 Å².